The first-order valence-electron chi connectivity index (χ1n) is 9.19. The molecule has 0 atom stereocenters. The van der Waals surface area contributed by atoms with E-state index in [1.807, 2.05) is 30.3 Å². The van der Waals surface area contributed by atoms with Crippen molar-refractivity contribution in [3.63, 3.8) is 0 Å². The highest BCUT2D eigenvalue weighted by Gasteiger charge is 2.06. The van der Waals surface area contributed by atoms with Crippen molar-refractivity contribution in [1.82, 2.24) is 5.32 Å². The Hall–Kier alpha value is -3.41. The van der Waals surface area contributed by atoms with E-state index in [1.54, 1.807) is 39.5 Å². The molecule has 0 heterocycles. The maximum atomic E-state index is 12.1. The van der Waals surface area contributed by atoms with Crippen LogP contribution in [0.5, 0.6) is 23.0 Å². The molecule has 0 aromatic heterocycles. The van der Waals surface area contributed by atoms with Crippen molar-refractivity contribution in [3.05, 3.63) is 66.3 Å². The normalized spacial score (nSPS) is 10.4. The van der Waals surface area contributed by atoms with Gasteiger partial charge < -0.3 is 24.3 Å². The van der Waals surface area contributed by atoms with E-state index < -0.39 is 0 Å². The number of ether oxygens (including phenoxy) is 4. The molecule has 29 heavy (non-hydrogen) atoms. The average Bonchev–Trinajstić information content (AvgIpc) is 2.76. The smallest absolute Gasteiger partial charge is 0.244 e. The van der Waals surface area contributed by atoms with Crippen LogP contribution in [0.3, 0.4) is 0 Å². The molecule has 154 valence electrons. The summed E-state index contributed by atoms with van der Waals surface area (Å²) in [6.45, 7) is 4.50. The monoisotopic (exact) mass is 397 g/mol. The molecule has 0 fully saturated rings. The highest BCUT2D eigenvalue weighted by atomic mass is 16.5. The molecule has 0 aliphatic carbocycles. The highest BCUT2D eigenvalue weighted by molar-refractivity contribution is 5.91. The lowest BCUT2D eigenvalue weighted by atomic mass is 10.1. The number of nitrogens with one attached hydrogen (secondary N) is 1. The number of carbonyl (C=O) groups excluding carboxylic acids is 1. The predicted molar refractivity (Wildman–Crippen MR) is 114 cm³/mol. The Morgan fingerprint density at radius 2 is 1.76 bits per heavy atom. The third-order valence-corrected chi connectivity index (χ3v) is 4.15. The van der Waals surface area contributed by atoms with E-state index in [-0.39, 0.29) is 5.91 Å². The molecule has 1 amide bonds. The van der Waals surface area contributed by atoms with E-state index in [0.29, 0.717) is 31.1 Å². The standard InChI is InChI=1S/C23H27NO5/c1-5-14-29-21-9-6-17(15-22(21)28-4)7-11-23(25)24-13-12-18-16-19(26-2)8-10-20(18)27-3/h5-11,15-16H,1,12-14H2,2-4H3,(H,24,25)/b11-7+. The van der Waals surface area contributed by atoms with Crippen LogP contribution in [0, 0.1) is 0 Å². The fraction of sp³-hybridized carbons (Fsp3) is 0.261. The Bertz CT molecular complexity index is 860. The van der Waals surface area contributed by atoms with E-state index in [1.165, 1.54) is 6.08 Å². The number of methoxy groups -OCH3 is 3. The van der Waals surface area contributed by atoms with Crippen LogP contribution < -0.4 is 24.3 Å². The van der Waals surface area contributed by atoms with Gasteiger partial charge in [0.05, 0.1) is 21.3 Å². The number of rotatable bonds is 11. The summed E-state index contributed by atoms with van der Waals surface area (Å²) >= 11 is 0. The first kappa shape index (κ1) is 21.9. The fourth-order valence-electron chi connectivity index (χ4n) is 2.68. The molecule has 6 heteroatoms. The van der Waals surface area contributed by atoms with Crippen LogP contribution >= 0.6 is 0 Å². The summed E-state index contributed by atoms with van der Waals surface area (Å²) in [5.74, 6) is 2.56. The minimum Gasteiger partial charge on any atom is -0.497 e. The lowest BCUT2D eigenvalue weighted by Crippen LogP contribution is -2.23. The van der Waals surface area contributed by atoms with Crippen molar-refractivity contribution >= 4 is 12.0 Å². The maximum absolute atomic E-state index is 12.1. The second-order valence-corrected chi connectivity index (χ2v) is 6.06. The minimum atomic E-state index is -0.183. The minimum absolute atomic E-state index is 0.183. The van der Waals surface area contributed by atoms with Gasteiger partial charge in [-0.3, -0.25) is 4.79 Å². The highest BCUT2D eigenvalue weighted by Crippen LogP contribution is 2.28. The molecule has 1 N–H and O–H groups in total. The van der Waals surface area contributed by atoms with Crippen LogP contribution in [0.2, 0.25) is 0 Å². The summed E-state index contributed by atoms with van der Waals surface area (Å²) in [7, 11) is 4.81. The van der Waals surface area contributed by atoms with Crippen LogP contribution in [0.4, 0.5) is 0 Å². The van der Waals surface area contributed by atoms with E-state index in [4.69, 9.17) is 18.9 Å². The molecule has 2 aromatic rings. The molecule has 0 saturated heterocycles. The Morgan fingerprint density at radius 1 is 1.00 bits per heavy atom. The topological polar surface area (TPSA) is 66.0 Å². The molecule has 0 aliphatic heterocycles. The first-order chi connectivity index (χ1) is 14.1. The second kappa shape index (κ2) is 11.4. The van der Waals surface area contributed by atoms with E-state index in [0.717, 1.165) is 22.6 Å². The average molecular weight is 397 g/mol. The largest absolute Gasteiger partial charge is 0.497 e. The zero-order valence-electron chi connectivity index (χ0n) is 17.1. The van der Waals surface area contributed by atoms with Gasteiger partial charge in [-0.25, -0.2) is 0 Å². The number of benzene rings is 2. The van der Waals surface area contributed by atoms with Gasteiger partial charge in [0.1, 0.15) is 18.1 Å². The molecule has 2 rings (SSSR count). The lowest BCUT2D eigenvalue weighted by Gasteiger charge is -2.11. The zero-order chi connectivity index (χ0) is 21.1. The summed E-state index contributed by atoms with van der Waals surface area (Å²) in [5.41, 5.74) is 1.80. The van der Waals surface area contributed by atoms with Crippen molar-refractivity contribution in [1.29, 1.82) is 0 Å². The summed E-state index contributed by atoms with van der Waals surface area (Å²) in [6.07, 6.45) is 5.50. The van der Waals surface area contributed by atoms with Crippen molar-refractivity contribution in [2.75, 3.05) is 34.5 Å². The summed E-state index contributed by atoms with van der Waals surface area (Å²) < 4.78 is 21.4. The van der Waals surface area contributed by atoms with Gasteiger partial charge in [0.15, 0.2) is 11.5 Å². The SMILES string of the molecule is C=CCOc1ccc(/C=C/C(=O)NCCc2cc(OC)ccc2OC)cc1OC. The van der Waals surface area contributed by atoms with Crippen LogP contribution in [0.25, 0.3) is 6.08 Å². The molecular weight excluding hydrogens is 370 g/mol. The molecule has 6 nitrogen and oxygen atoms in total. The first-order valence-corrected chi connectivity index (χ1v) is 9.19. The van der Waals surface area contributed by atoms with E-state index in [2.05, 4.69) is 11.9 Å². The van der Waals surface area contributed by atoms with Crippen LogP contribution in [0.15, 0.2) is 55.1 Å². The number of carbonyl (C=O) groups is 1. The van der Waals surface area contributed by atoms with Crippen molar-refractivity contribution in [3.8, 4) is 23.0 Å². The fourth-order valence-corrected chi connectivity index (χ4v) is 2.68. The van der Waals surface area contributed by atoms with Crippen LogP contribution in [-0.2, 0) is 11.2 Å². The summed E-state index contributed by atoms with van der Waals surface area (Å²) in [4.78, 5) is 12.1. The van der Waals surface area contributed by atoms with Crippen molar-refractivity contribution in [2.45, 2.75) is 6.42 Å². The predicted octanol–water partition coefficient (Wildman–Crippen LogP) is 3.65. The Balaban J connectivity index is 1.92. The van der Waals surface area contributed by atoms with Gasteiger partial charge in [-0.05, 0) is 54.0 Å². The van der Waals surface area contributed by atoms with Gasteiger partial charge in [0, 0.05) is 12.6 Å². The van der Waals surface area contributed by atoms with Gasteiger partial charge >= 0.3 is 0 Å². The van der Waals surface area contributed by atoms with Gasteiger partial charge in [-0.2, -0.15) is 0 Å². The number of amides is 1. The molecule has 0 spiro atoms. The quantitative estimate of drug-likeness (QED) is 0.463. The third-order valence-electron chi connectivity index (χ3n) is 4.15. The number of hydrogen-bond acceptors (Lipinski definition) is 5. The molecule has 0 radical (unpaired) electrons. The van der Waals surface area contributed by atoms with E-state index in [9.17, 15) is 4.79 Å². The molecule has 2 aromatic carbocycles. The summed E-state index contributed by atoms with van der Waals surface area (Å²) in [5, 5.41) is 2.87. The van der Waals surface area contributed by atoms with Gasteiger partial charge in [-0.15, -0.1) is 0 Å². The molecule has 0 aliphatic rings. The lowest BCUT2D eigenvalue weighted by molar-refractivity contribution is -0.116. The van der Waals surface area contributed by atoms with Gasteiger partial charge in [0.2, 0.25) is 5.91 Å². The zero-order valence-corrected chi connectivity index (χ0v) is 17.1. The van der Waals surface area contributed by atoms with Crippen molar-refractivity contribution < 1.29 is 23.7 Å². The molecular formula is C23H27NO5. The van der Waals surface area contributed by atoms with E-state index >= 15 is 0 Å². The molecule has 0 bridgehead atoms. The maximum Gasteiger partial charge on any atom is 0.244 e. The Labute approximate surface area is 171 Å². The Kier molecular flexibility index (Phi) is 8.63. The van der Waals surface area contributed by atoms with Crippen LogP contribution in [0.1, 0.15) is 11.1 Å². The van der Waals surface area contributed by atoms with Crippen molar-refractivity contribution in [2.24, 2.45) is 0 Å². The van der Waals surface area contributed by atoms with Crippen LogP contribution in [-0.4, -0.2) is 40.4 Å². The third kappa shape index (κ3) is 6.60. The molecule has 0 unspecified atom stereocenters. The number of hydrogen-bond donors (Lipinski definition) is 1. The van der Waals surface area contributed by atoms with Gasteiger partial charge in [0.25, 0.3) is 0 Å². The van der Waals surface area contributed by atoms with Gasteiger partial charge in [-0.1, -0.05) is 18.7 Å². The summed E-state index contributed by atoms with van der Waals surface area (Å²) in [6, 6.07) is 11.1. The molecule has 0 saturated carbocycles. The Morgan fingerprint density at radius 3 is 2.45 bits per heavy atom. The second-order valence-electron chi connectivity index (χ2n) is 6.06.